The maximum Gasteiger partial charge on any atom is 0.346 e. The van der Waals surface area contributed by atoms with Gasteiger partial charge in [0.1, 0.15) is 4.88 Å². The Bertz CT molecular complexity index is 651. The van der Waals surface area contributed by atoms with Gasteiger partial charge in [0, 0.05) is 10.5 Å². The number of carbonyl (C=O) groups is 1. The van der Waals surface area contributed by atoms with Crippen LogP contribution in [0.25, 0.3) is 0 Å². The molecule has 1 saturated carbocycles. The second-order valence-corrected chi connectivity index (χ2v) is 12.0. The summed E-state index contributed by atoms with van der Waals surface area (Å²) in [6, 6.07) is 1.94. The number of carboxylic acid groups (broad SMARTS) is 1. The molecule has 6 heteroatoms. The van der Waals surface area contributed by atoms with Crippen molar-refractivity contribution in [2.75, 3.05) is 6.61 Å². The number of hydrogen-bond acceptors (Lipinski definition) is 4. The molecule has 0 bridgehead atoms. The molecule has 1 heterocycles. The Morgan fingerprint density at radius 2 is 1.92 bits per heavy atom. The van der Waals surface area contributed by atoms with Crippen LogP contribution >= 0.6 is 18.7 Å². The molecule has 4 nitrogen and oxygen atoms in total. The average Bonchev–Trinajstić information content (AvgIpc) is 2.92. The molecule has 0 aliphatic heterocycles. The van der Waals surface area contributed by atoms with E-state index < -0.39 is 13.3 Å². The fourth-order valence-corrected chi connectivity index (χ4v) is 7.46. The Labute approximate surface area is 155 Å². The van der Waals surface area contributed by atoms with Gasteiger partial charge in [-0.25, -0.2) is 4.79 Å². The normalized spacial score (nSPS) is 24.0. The minimum absolute atomic E-state index is 0.0586. The van der Waals surface area contributed by atoms with Gasteiger partial charge < -0.3 is 9.63 Å². The lowest BCUT2D eigenvalue weighted by Crippen LogP contribution is -2.20. The third-order valence-electron chi connectivity index (χ3n) is 5.02. The third kappa shape index (κ3) is 4.96. The first kappa shape index (κ1) is 20.7. The van der Waals surface area contributed by atoms with Crippen molar-refractivity contribution >= 4 is 24.7 Å². The van der Waals surface area contributed by atoms with Crippen molar-refractivity contribution in [2.45, 2.75) is 77.5 Å². The van der Waals surface area contributed by atoms with Crippen molar-refractivity contribution in [3.05, 3.63) is 21.4 Å². The molecule has 1 atom stereocenters. The van der Waals surface area contributed by atoms with Crippen LogP contribution < -0.4 is 0 Å². The maximum absolute atomic E-state index is 13.7. The monoisotopic (exact) mass is 386 g/mol. The van der Waals surface area contributed by atoms with Crippen LogP contribution in [-0.4, -0.2) is 23.3 Å². The smallest absolute Gasteiger partial charge is 0.346 e. The maximum atomic E-state index is 13.7. The third-order valence-corrected chi connectivity index (χ3v) is 9.72. The molecule has 2 rings (SSSR count). The molecule has 0 amide bonds. The van der Waals surface area contributed by atoms with Gasteiger partial charge in [-0.05, 0) is 55.6 Å². The number of thiophene rings is 1. The van der Waals surface area contributed by atoms with Gasteiger partial charge in [-0.15, -0.1) is 11.3 Å². The molecule has 25 heavy (non-hydrogen) atoms. The summed E-state index contributed by atoms with van der Waals surface area (Å²) in [5, 5.41) is 9.60. The molecule has 1 aromatic rings. The van der Waals surface area contributed by atoms with E-state index in [4.69, 9.17) is 4.52 Å². The van der Waals surface area contributed by atoms with E-state index in [0.717, 1.165) is 30.6 Å². The zero-order valence-corrected chi connectivity index (χ0v) is 17.7. The molecular formula is C19H31O4PS. The van der Waals surface area contributed by atoms with Crippen molar-refractivity contribution in [1.29, 1.82) is 0 Å². The molecule has 1 aromatic heterocycles. The van der Waals surface area contributed by atoms with Crippen LogP contribution in [0, 0.1) is 5.92 Å². The van der Waals surface area contributed by atoms with E-state index in [1.54, 1.807) is 0 Å². The molecule has 1 unspecified atom stereocenters. The Morgan fingerprint density at radius 1 is 1.32 bits per heavy atom. The highest BCUT2D eigenvalue weighted by Crippen LogP contribution is 2.60. The van der Waals surface area contributed by atoms with E-state index in [1.165, 1.54) is 11.3 Å². The number of carboxylic acids is 1. The summed E-state index contributed by atoms with van der Waals surface area (Å²) < 4.78 is 19.5. The molecular weight excluding hydrogens is 355 g/mol. The zero-order chi connectivity index (χ0) is 18.8. The van der Waals surface area contributed by atoms with Gasteiger partial charge in [-0.1, -0.05) is 27.7 Å². The van der Waals surface area contributed by atoms with Crippen LogP contribution in [0.4, 0.5) is 0 Å². The second-order valence-electron chi connectivity index (χ2n) is 8.24. The fourth-order valence-electron chi connectivity index (χ4n) is 3.47. The van der Waals surface area contributed by atoms with E-state index in [-0.39, 0.29) is 17.2 Å². The first-order chi connectivity index (χ1) is 11.6. The lowest BCUT2D eigenvalue weighted by atomic mass is 9.91. The summed E-state index contributed by atoms with van der Waals surface area (Å²) in [6.07, 6.45) is 4.22. The number of hydrogen-bond donors (Lipinski definition) is 1. The quantitative estimate of drug-likeness (QED) is 0.597. The number of rotatable bonds is 6. The van der Waals surface area contributed by atoms with Crippen LogP contribution in [0.5, 0.6) is 0 Å². The summed E-state index contributed by atoms with van der Waals surface area (Å²) in [7, 11) is -2.91. The first-order valence-electron chi connectivity index (χ1n) is 9.16. The molecule has 0 radical (unpaired) electrons. The highest BCUT2D eigenvalue weighted by Gasteiger charge is 2.38. The lowest BCUT2D eigenvalue weighted by Gasteiger charge is -2.32. The SMILES string of the molecule is CCOP(=O)(Cc1cc(C(C)(C)C)sc1C(=O)O)C1CCC(C)CC1. The highest BCUT2D eigenvalue weighted by atomic mass is 32.1. The van der Waals surface area contributed by atoms with Gasteiger partial charge in [-0.2, -0.15) is 0 Å². The zero-order valence-electron chi connectivity index (χ0n) is 16.0. The lowest BCUT2D eigenvalue weighted by molar-refractivity contribution is 0.0701. The molecule has 0 spiro atoms. The van der Waals surface area contributed by atoms with E-state index in [1.807, 2.05) is 13.0 Å². The topological polar surface area (TPSA) is 63.6 Å². The average molecular weight is 386 g/mol. The number of aromatic carboxylic acids is 1. The van der Waals surface area contributed by atoms with E-state index in [0.29, 0.717) is 23.0 Å². The Morgan fingerprint density at radius 3 is 2.40 bits per heavy atom. The van der Waals surface area contributed by atoms with Crippen molar-refractivity contribution in [2.24, 2.45) is 5.92 Å². The molecule has 0 saturated heterocycles. The van der Waals surface area contributed by atoms with Crippen LogP contribution in [0.2, 0.25) is 0 Å². The minimum Gasteiger partial charge on any atom is -0.477 e. The van der Waals surface area contributed by atoms with Crippen molar-refractivity contribution in [3.8, 4) is 0 Å². The Hall–Kier alpha value is -0.640. The Balaban J connectivity index is 2.34. The van der Waals surface area contributed by atoms with Crippen LogP contribution in [-0.2, 0) is 20.7 Å². The van der Waals surface area contributed by atoms with Crippen LogP contribution in [0.3, 0.4) is 0 Å². The summed E-state index contributed by atoms with van der Waals surface area (Å²) in [4.78, 5) is 13.0. The van der Waals surface area contributed by atoms with Gasteiger partial charge in [0.15, 0.2) is 0 Å². The summed E-state index contributed by atoms with van der Waals surface area (Å²) >= 11 is 1.30. The van der Waals surface area contributed by atoms with Gasteiger partial charge in [0.25, 0.3) is 0 Å². The summed E-state index contributed by atoms with van der Waals surface area (Å²) in [5.74, 6) is -0.259. The fraction of sp³-hybridized carbons (Fsp3) is 0.737. The van der Waals surface area contributed by atoms with Gasteiger partial charge in [0.2, 0.25) is 7.37 Å². The Kier molecular flexibility index (Phi) is 6.56. The molecule has 1 fully saturated rings. The van der Waals surface area contributed by atoms with E-state index in [9.17, 15) is 14.5 Å². The standard InChI is InChI=1S/C19H31O4PS/c1-6-23-24(22,15-9-7-13(2)8-10-15)12-14-11-16(19(3,4)5)25-17(14)18(20)21/h11,13,15H,6-10,12H2,1-5H3,(H,20,21). The van der Waals surface area contributed by atoms with E-state index >= 15 is 0 Å². The first-order valence-corrected chi connectivity index (χ1v) is 11.9. The molecule has 1 N–H and O–H groups in total. The highest BCUT2D eigenvalue weighted by molar-refractivity contribution is 7.59. The minimum atomic E-state index is -2.91. The van der Waals surface area contributed by atoms with Gasteiger partial charge in [-0.3, -0.25) is 4.57 Å². The molecule has 142 valence electrons. The van der Waals surface area contributed by atoms with Crippen LogP contribution in [0.15, 0.2) is 6.07 Å². The second kappa shape index (κ2) is 7.94. The summed E-state index contributed by atoms with van der Waals surface area (Å²) in [6.45, 7) is 10.7. The van der Waals surface area contributed by atoms with Crippen molar-refractivity contribution < 1.29 is 19.0 Å². The largest absolute Gasteiger partial charge is 0.477 e. The van der Waals surface area contributed by atoms with Gasteiger partial charge >= 0.3 is 5.97 Å². The van der Waals surface area contributed by atoms with Crippen molar-refractivity contribution in [1.82, 2.24) is 0 Å². The predicted octanol–water partition coefficient (Wildman–Crippen LogP) is 6.14. The molecule has 1 aliphatic carbocycles. The summed E-state index contributed by atoms with van der Waals surface area (Å²) in [5.41, 5.74) is 0.615. The van der Waals surface area contributed by atoms with Gasteiger partial charge in [0.05, 0.1) is 12.8 Å². The molecule has 1 aliphatic rings. The van der Waals surface area contributed by atoms with E-state index in [2.05, 4.69) is 27.7 Å². The van der Waals surface area contributed by atoms with Crippen molar-refractivity contribution in [3.63, 3.8) is 0 Å². The predicted molar refractivity (Wildman–Crippen MR) is 104 cm³/mol. The van der Waals surface area contributed by atoms with Crippen LogP contribution in [0.1, 0.15) is 80.4 Å². The molecule has 0 aromatic carbocycles.